The summed E-state index contributed by atoms with van der Waals surface area (Å²) < 4.78 is 5.83. The first kappa shape index (κ1) is 17.2. The Morgan fingerprint density at radius 3 is 2.72 bits per heavy atom. The first-order valence-electron chi connectivity index (χ1n) is 8.83. The summed E-state index contributed by atoms with van der Waals surface area (Å²) in [6, 6.07) is 15.5. The van der Waals surface area contributed by atoms with Crippen LogP contribution in [0.2, 0.25) is 0 Å². The lowest BCUT2D eigenvalue weighted by atomic mass is 9.98. The van der Waals surface area contributed by atoms with Crippen LogP contribution in [0.15, 0.2) is 48.5 Å². The van der Waals surface area contributed by atoms with Gasteiger partial charge in [0.05, 0.1) is 0 Å². The predicted octanol–water partition coefficient (Wildman–Crippen LogP) is 3.98. The molecule has 0 saturated heterocycles. The Balaban J connectivity index is 1.68. The van der Waals surface area contributed by atoms with Gasteiger partial charge >= 0.3 is 0 Å². The third kappa shape index (κ3) is 4.08. The van der Waals surface area contributed by atoms with Gasteiger partial charge < -0.3 is 4.74 Å². The molecule has 2 aromatic rings. The smallest absolute Gasteiger partial charge is 0.260 e. The van der Waals surface area contributed by atoms with Crippen molar-refractivity contribution in [3.8, 4) is 5.75 Å². The number of ether oxygens (including phenoxy) is 1. The highest BCUT2D eigenvalue weighted by molar-refractivity contribution is 6.06. The van der Waals surface area contributed by atoms with Gasteiger partial charge in [0.1, 0.15) is 12.4 Å². The fourth-order valence-electron chi connectivity index (χ4n) is 3.00. The van der Waals surface area contributed by atoms with E-state index in [1.165, 1.54) is 4.90 Å². The van der Waals surface area contributed by atoms with E-state index in [-0.39, 0.29) is 11.8 Å². The second kappa shape index (κ2) is 7.97. The summed E-state index contributed by atoms with van der Waals surface area (Å²) in [4.78, 5) is 26.2. The molecule has 0 saturated carbocycles. The average Bonchev–Trinajstić information content (AvgIpc) is 2.65. The van der Waals surface area contributed by atoms with Gasteiger partial charge in [-0.05, 0) is 42.2 Å². The number of hydrogen-bond acceptors (Lipinski definition) is 3. The molecule has 0 radical (unpaired) electrons. The van der Waals surface area contributed by atoms with Crippen molar-refractivity contribution in [2.45, 2.75) is 39.2 Å². The van der Waals surface area contributed by atoms with Gasteiger partial charge in [0.2, 0.25) is 5.91 Å². The molecule has 0 unspecified atom stereocenters. The first-order chi connectivity index (χ1) is 12.2. The third-order valence-corrected chi connectivity index (χ3v) is 4.45. The molecular formula is C21H23NO3. The van der Waals surface area contributed by atoms with Gasteiger partial charge in [-0.2, -0.15) is 0 Å². The van der Waals surface area contributed by atoms with Gasteiger partial charge in [-0.25, -0.2) is 0 Å². The number of amides is 2. The molecule has 4 nitrogen and oxygen atoms in total. The van der Waals surface area contributed by atoms with Crippen LogP contribution in [0.25, 0.3) is 0 Å². The lowest BCUT2D eigenvalue weighted by Crippen LogP contribution is -2.41. The van der Waals surface area contributed by atoms with E-state index in [1.54, 1.807) is 12.1 Å². The average molecular weight is 337 g/mol. The Morgan fingerprint density at radius 1 is 1.16 bits per heavy atom. The first-order valence-corrected chi connectivity index (χ1v) is 8.83. The summed E-state index contributed by atoms with van der Waals surface area (Å²) in [5, 5.41) is 0. The molecular weight excluding hydrogens is 314 g/mol. The zero-order chi connectivity index (χ0) is 17.6. The van der Waals surface area contributed by atoms with E-state index in [2.05, 4.69) is 0 Å². The maximum atomic E-state index is 12.6. The molecule has 2 amide bonds. The van der Waals surface area contributed by atoms with Gasteiger partial charge in [0, 0.05) is 18.5 Å². The molecule has 0 atom stereocenters. The molecule has 2 aromatic carbocycles. The number of imide groups is 1. The zero-order valence-corrected chi connectivity index (χ0v) is 14.5. The highest BCUT2D eigenvalue weighted by atomic mass is 16.5. The number of unbranched alkanes of at least 4 members (excludes halogenated alkanes) is 1. The highest BCUT2D eigenvalue weighted by Gasteiger charge is 2.28. The van der Waals surface area contributed by atoms with Crippen LogP contribution in [0.1, 0.15) is 47.7 Å². The molecule has 4 heteroatoms. The van der Waals surface area contributed by atoms with Crippen LogP contribution in [0.4, 0.5) is 0 Å². The summed E-state index contributed by atoms with van der Waals surface area (Å²) in [5.41, 5.74) is 2.67. The van der Waals surface area contributed by atoms with Crippen molar-refractivity contribution in [2.75, 3.05) is 6.54 Å². The minimum atomic E-state index is -0.183. The van der Waals surface area contributed by atoms with Gasteiger partial charge in [-0.3, -0.25) is 14.5 Å². The Hall–Kier alpha value is -2.62. The number of carbonyl (C=O) groups is 2. The van der Waals surface area contributed by atoms with Gasteiger partial charge in [0.15, 0.2) is 0 Å². The summed E-state index contributed by atoms with van der Waals surface area (Å²) in [6.45, 7) is 2.99. The highest BCUT2D eigenvalue weighted by Crippen LogP contribution is 2.25. The van der Waals surface area contributed by atoms with Crippen LogP contribution < -0.4 is 4.74 Å². The topological polar surface area (TPSA) is 46.6 Å². The van der Waals surface area contributed by atoms with Crippen LogP contribution in [0.3, 0.4) is 0 Å². The van der Waals surface area contributed by atoms with E-state index in [9.17, 15) is 9.59 Å². The molecule has 0 aromatic heterocycles. The molecule has 3 rings (SSSR count). The SMILES string of the molecule is CCCCC(=O)N1CCc2cc(OCc3ccccc3)ccc2C1=O. The molecule has 1 aliphatic heterocycles. The maximum absolute atomic E-state index is 12.6. The van der Waals surface area contributed by atoms with E-state index in [1.807, 2.05) is 43.3 Å². The molecule has 130 valence electrons. The third-order valence-electron chi connectivity index (χ3n) is 4.45. The number of fused-ring (bicyclic) bond motifs is 1. The lowest BCUT2D eigenvalue weighted by Gasteiger charge is -2.27. The van der Waals surface area contributed by atoms with Crippen LogP contribution in [-0.4, -0.2) is 23.3 Å². The van der Waals surface area contributed by atoms with Gasteiger partial charge in [-0.1, -0.05) is 43.7 Å². The van der Waals surface area contributed by atoms with Crippen LogP contribution in [-0.2, 0) is 17.8 Å². The Morgan fingerprint density at radius 2 is 1.96 bits per heavy atom. The summed E-state index contributed by atoms with van der Waals surface area (Å²) in [7, 11) is 0. The van der Waals surface area contributed by atoms with Gasteiger partial charge in [0.25, 0.3) is 5.91 Å². The largest absolute Gasteiger partial charge is 0.489 e. The number of carbonyl (C=O) groups excluding carboxylic acids is 2. The Labute approximate surface area is 148 Å². The number of benzene rings is 2. The maximum Gasteiger partial charge on any atom is 0.260 e. The van der Waals surface area contributed by atoms with Crippen molar-refractivity contribution in [2.24, 2.45) is 0 Å². The summed E-state index contributed by atoms with van der Waals surface area (Å²) >= 11 is 0. The molecule has 0 aliphatic carbocycles. The Bertz CT molecular complexity index is 755. The van der Waals surface area contributed by atoms with Crippen LogP contribution in [0.5, 0.6) is 5.75 Å². The molecule has 1 heterocycles. The molecule has 0 bridgehead atoms. The molecule has 1 aliphatic rings. The monoisotopic (exact) mass is 337 g/mol. The van der Waals surface area contributed by atoms with Crippen molar-refractivity contribution in [1.82, 2.24) is 4.90 Å². The van der Waals surface area contributed by atoms with Crippen molar-refractivity contribution in [3.05, 3.63) is 65.2 Å². The molecule has 0 N–H and O–H groups in total. The van der Waals surface area contributed by atoms with E-state index < -0.39 is 0 Å². The molecule has 0 fully saturated rings. The number of hydrogen-bond donors (Lipinski definition) is 0. The molecule has 25 heavy (non-hydrogen) atoms. The number of nitrogens with zero attached hydrogens (tertiary/aromatic N) is 1. The molecule has 0 spiro atoms. The standard InChI is InChI=1S/C21H23NO3/c1-2-3-9-20(23)22-13-12-17-14-18(10-11-19(17)21(22)24)25-15-16-7-5-4-6-8-16/h4-8,10-11,14H,2-3,9,12-13,15H2,1H3. The fraction of sp³-hybridized carbons (Fsp3) is 0.333. The van der Waals surface area contributed by atoms with Crippen LogP contribution in [0, 0.1) is 0 Å². The summed E-state index contributed by atoms with van der Waals surface area (Å²) in [5.74, 6) is 0.500. The zero-order valence-electron chi connectivity index (χ0n) is 14.5. The normalized spacial score (nSPS) is 13.5. The van der Waals surface area contributed by atoms with E-state index in [0.29, 0.717) is 31.6 Å². The number of rotatable bonds is 6. The summed E-state index contributed by atoms with van der Waals surface area (Å²) in [6.07, 6.45) is 2.89. The van der Waals surface area contributed by atoms with E-state index >= 15 is 0 Å². The van der Waals surface area contributed by atoms with E-state index in [0.717, 1.165) is 29.7 Å². The van der Waals surface area contributed by atoms with Gasteiger partial charge in [-0.15, -0.1) is 0 Å². The van der Waals surface area contributed by atoms with Crippen molar-refractivity contribution >= 4 is 11.8 Å². The lowest BCUT2D eigenvalue weighted by molar-refractivity contribution is -0.128. The Kier molecular flexibility index (Phi) is 5.49. The van der Waals surface area contributed by atoms with E-state index in [4.69, 9.17) is 4.74 Å². The van der Waals surface area contributed by atoms with Crippen molar-refractivity contribution in [3.63, 3.8) is 0 Å². The predicted molar refractivity (Wildman–Crippen MR) is 96.5 cm³/mol. The quantitative estimate of drug-likeness (QED) is 0.801. The fourth-order valence-corrected chi connectivity index (χ4v) is 3.00. The van der Waals surface area contributed by atoms with Crippen LogP contribution >= 0.6 is 0 Å². The second-order valence-electron chi connectivity index (χ2n) is 6.30. The minimum Gasteiger partial charge on any atom is -0.489 e. The second-order valence-corrected chi connectivity index (χ2v) is 6.30. The minimum absolute atomic E-state index is 0.0677. The van der Waals surface area contributed by atoms with Crippen molar-refractivity contribution < 1.29 is 14.3 Å². The van der Waals surface area contributed by atoms with Crippen molar-refractivity contribution in [1.29, 1.82) is 0 Å².